The molecule has 0 N–H and O–H groups in total. The van der Waals surface area contributed by atoms with Gasteiger partial charge in [0.15, 0.2) is 5.78 Å². The van der Waals surface area contributed by atoms with Crippen molar-refractivity contribution >= 4 is 17.3 Å². The van der Waals surface area contributed by atoms with Gasteiger partial charge >= 0.3 is 0 Å². The fourth-order valence-corrected chi connectivity index (χ4v) is 3.26. The summed E-state index contributed by atoms with van der Waals surface area (Å²) in [6.45, 7) is 10.4. The van der Waals surface area contributed by atoms with Crippen LogP contribution in [0.2, 0.25) is 0 Å². The molecule has 4 heteroatoms. The van der Waals surface area contributed by atoms with Crippen molar-refractivity contribution in [1.82, 2.24) is 0 Å². The van der Waals surface area contributed by atoms with Crippen LogP contribution < -0.4 is 4.74 Å². The lowest BCUT2D eigenvalue weighted by Crippen LogP contribution is -2.43. The Balaban J connectivity index is 2.26. The number of hydrogen-bond acceptors (Lipinski definition) is 4. The molecule has 3 rings (SSSR count). The predicted molar refractivity (Wildman–Crippen MR) is 91.2 cm³/mol. The molecule has 0 aromatic heterocycles. The van der Waals surface area contributed by atoms with Crippen LogP contribution in [0.4, 0.5) is 0 Å². The zero-order chi connectivity index (χ0) is 17.0. The first-order valence-corrected chi connectivity index (χ1v) is 7.84. The van der Waals surface area contributed by atoms with Crippen molar-refractivity contribution in [2.24, 2.45) is 4.99 Å². The number of hydrogen-bond donors (Lipinski definition) is 0. The molecule has 1 aliphatic heterocycles. The summed E-state index contributed by atoms with van der Waals surface area (Å²) in [6.07, 6.45) is 1.70. The van der Waals surface area contributed by atoms with E-state index >= 15 is 0 Å². The maximum absolute atomic E-state index is 12.9. The first-order chi connectivity index (χ1) is 10.7. The van der Waals surface area contributed by atoms with Gasteiger partial charge in [0.25, 0.3) is 0 Å². The van der Waals surface area contributed by atoms with Gasteiger partial charge in [0, 0.05) is 0 Å². The molecule has 1 aromatic rings. The molecule has 2 aliphatic rings. The van der Waals surface area contributed by atoms with Crippen LogP contribution in [-0.4, -0.2) is 30.9 Å². The standard InChI is InChI=1S/C19H23NO3/c1-11-8-16(21)19(5,17-20-18(3,4)10-23-17)14-9-15(22-6)12(2)7-13(11)14/h7-9H,10H2,1-6H3. The van der Waals surface area contributed by atoms with Crippen LogP contribution in [0.3, 0.4) is 0 Å². The topological polar surface area (TPSA) is 47.9 Å². The summed E-state index contributed by atoms with van der Waals surface area (Å²) >= 11 is 0. The summed E-state index contributed by atoms with van der Waals surface area (Å²) in [7, 11) is 1.64. The van der Waals surface area contributed by atoms with Crippen LogP contribution in [0.5, 0.6) is 5.75 Å². The number of carbonyl (C=O) groups is 1. The molecule has 0 saturated carbocycles. The molecule has 0 spiro atoms. The molecule has 1 aromatic carbocycles. The largest absolute Gasteiger partial charge is 0.496 e. The number of ether oxygens (including phenoxy) is 2. The number of ketones is 1. The Morgan fingerprint density at radius 1 is 1.22 bits per heavy atom. The number of methoxy groups -OCH3 is 1. The molecule has 0 amide bonds. The average Bonchev–Trinajstić information content (AvgIpc) is 2.85. The number of nitrogens with zero attached hydrogens (tertiary/aromatic N) is 1. The van der Waals surface area contributed by atoms with E-state index in [4.69, 9.17) is 9.47 Å². The third kappa shape index (κ3) is 2.28. The number of fused-ring (bicyclic) bond motifs is 1. The van der Waals surface area contributed by atoms with E-state index < -0.39 is 5.41 Å². The highest BCUT2D eigenvalue weighted by atomic mass is 16.5. The Labute approximate surface area is 137 Å². The molecule has 4 nitrogen and oxygen atoms in total. The minimum absolute atomic E-state index is 0.00450. The molecule has 23 heavy (non-hydrogen) atoms. The molecular weight excluding hydrogens is 290 g/mol. The van der Waals surface area contributed by atoms with Gasteiger partial charge in [-0.25, -0.2) is 4.99 Å². The third-order valence-electron chi connectivity index (χ3n) is 4.73. The minimum Gasteiger partial charge on any atom is -0.496 e. The van der Waals surface area contributed by atoms with E-state index in [-0.39, 0.29) is 11.3 Å². The van der Waals surface area contributed by atoms with Gasteiger partial charge < -0.3 is 9.47 Å². The zero-order valence-electron chi connectivity index (χ0n) is 14.6. The minimum atomic E-state index is -0.899. The second-order valence-electron chi connectivity index (χ2n) is 7.20. The molecule has 0 radical (unpaired) electrons. The lowest BCUT2D eigenvalue weighted by atomic mass is 9.70. The van der Waals surface area contributed by atoms with Crippen LogP contribution in [0, 0.1) is 6.92 Å². The predicted octanol–water partition coefficient (Wildman–Crippen LogP) is 3.45. The molecule has 1 unspecified atom stereocenters. The van der Waals surface area contributed by atoms with E-state index in [1.807, 2.05) is 40.7 Å². The van der Waals surface area contributed by atoms with Gasteiger partial charge in [-0.3, -0.25) is 4.79 Å². The zero-order valence-corrected chi connectivity index (χ0v) is 14.6. The van der Waals surface area contributed by atoms with Crippen molar-refractivity contribution < 1.29 is 14.3 Å². The molecule has 1 heterocycles. The van der Waals surface area contributed by atoms with Crippen molar-refractivity contribution in [1.29, 1.82) is 0 Å². The van der Waals surface area contributed by atoms with Crippen molar-refractivity contribution in [3.05, 3.63) is 34.9 Å². The maximum atomic E-state index is 12.9. The molecule has 0 bridgehead atoms. The Bertz CT molecular complexity index is 758. The van der Waals surface area contributed by atoms with Crippen LogP contribution >= 0.6 is 0 Å². The highest BCUT2D eigenvalue weighted by Crippen LogP contribution is 2.43. The molecular formula is C19H23NO3. The van der Waals surface area contributed by atoms with Gasteiger partial charge in [-0.2, -0.15) is 0 Å². The number of rotatable bonds is 2. The van der Waals surface area contributed by atoms with Gasteiger partial charge in [-0.05, 0) is 75.1 Å². The Morgan fingerprint density at radius 3 is 2.48 bits per heavy atom. The summed E-state index contributed by atoms with van der Waals surface area (Å²) in [5.41, 5.74) is 2.77. The van der Waals surface area contributed by atoms with E-state index in [0.717, 1.165) is 28.0 Å². The van der Waals surface area contributed by atoms with Gasteiger partial charge in [0.1, 0.15) is 17.8 Å². The molecule has 0 fully saturated rings. The number of aliphatic imine (C=N–C) groups is 1. The second kappa shape index (κ2) is 4.95. The van der Waals surface area contributed by atoms with Gasteiger partial charge in [0.05, 0.1) is 12.6 Å². The second-order valence-corrected chi connectivity index (χ2v) is 7.20. The maximum Gasteiger partial charge on any atom is 0.202 e. The molecule has 0 saturated heterocycles. The third-order valence-corrected chi connectivity index (χ3v) is 4.73. The number of carbonyl (C=O) groups excluding carboxylic acids is 1. The van der Waals surface area contributed by atoms with E-state index in [9.17, 15) is 4.79 Å². The van der Waals surface area contributed by atoms with Crippen LogP contribution in [0.15, 0.2) is 23.2 Å². The lowest BCUT2D eigenvalue weighted by molar-refractivity contribution is -0.117. The van der Waals surface area contributed by atoms with E-state index in [0.29, 0.717) is 12.5 Å². The smallest absolute Gasteiger partial charge is 0.202 e. The van der Waals surface area contributed by atoms with Gasteiger partial charge in [-0.15, -0.1) is 0 Å². The Kier molecular flexibility index (Phi) is 3.40. The lowest BCUT2D eigenvalue weighted by Gasteiger charge is -2.33. The average molecular weight is 313 g/mol. The number of aryl methyl sites for hydroxylation is 1. The van der Waals surface area contributed by atoms with Crippen LogP contribution in [0.25, 0.3) is 5.57 Å². The summed E-state index contributed by atoms with van der Waals surface area (Å²) in [5.74, 6) is 1.28. The number of benzene rings is 1. The van der Waals surface area contributed by atoms with E-state index in [1.165, 1.54) is 0 Å². The molecule has 1 atom stereocenters. The van der Waals surface area contributed by atoms with Crippen LogP contribution in [0.1, 0.15) is 44.4 Å². The van der Waals surface area contributed by atoms with E-state index in [1.54, 1.807) is 13.2 Å². The Hall–Kier alpha value is -2.10. The summed E-state index contributed by atoms with van der Waals surface area (Å²) in [4.78, 5) is 17.6. The summed E-state index contributed by atoms with van der Waals surface area (Å²) in [5, 5.41) is 0. The van der Waals surface area contributed by atoms with Gasteiger partial charge in [0.2, 0.25) is 5.90 Å². The summed E-state index contributed by atoms with van der Waals surface area (Å²) in [6, 6.07) is 4.03. The highest BCUT2D eigenvalue weighted by Gasteiger charge is 2.48. The fourth-order valence-electron chi connectivity index (χ4n) is 3.26. The Morgan fingerprint density at radius 2 is 1.91 bits per heavy atom. The molecule has 1 aliphatic carbocycles. The van der Waals surface area contributed by atoms with Crippen molar-refractivity contribution in [3.63, 3.8) is 0 Å². The summed E-state index contributed by atoms with van der Waals surface area (Å²) < 4.78 is 11.3. The monoisotopic (exact) mass is 313 g/mol. The van der Waals surface area contributed by atoms with Gasteiger partial charge in [-0.1, -0.05) is 0 Å². The molecule has 122 valence electrons. The first-order valence-electron chi connectivity index (χ1n) is 7.84. The SMILES string of the molecule is COc1cc2c(cc1C)C(C)=CC(=O)C2(C)C1=NC(C)(C)CO1. The number of allylic oxidation sites excluding steroid dienone is 2. The van der Waals surface area contributed by atoms with Crippen LogP contribution in [-0.2, 0) is 14.9 Å². The normalized spacial score (nSPS) is 25.4. The van der Waals surface area contributed by atoms with Crippen molar-refractivity contribution in [2.45, 2.75) is 45.6 Å². The van der Waals surface area contributed by atoms with Crippen molar-refractivity contribution in [3.8, 4) is 5.75 Å². The first kappa shape index (κ1) is 15.8. The van der Waals surface area contributed by atoms with E-state index in [2.05, 4.69) is 11.1 Å². The van der Waals surface area contributed by atoms with Crippen molar-refractivity contribution in [2.75, 3.05) is 13.7 Å². The fraction of sp³-hybridized carbons (Fsp3) is 0.474. The highest BCUT2D eigenvalue weighted by molar-refractivity contribution is 6.20. The quantitative estimate of drug-likeness (QED) is 0.840.